The molecule has 1 saturated carbocycles. The smallest absolute Gasteiger partial charge is 0.149 e. The van der Waals surface area contributed by atoms with Crippen LogP contribution >= 0.6 is 0 Å². The molecule has 1 aliphatic rings. The second kappa shape index (κ2) is 6.12. The van der Waals surface area contributed by atoms with Crippen molar-refractivity contribution >= 4 is 17.3 Å². The van der Waals surface area contributed by atoms with Crippen molar-refractivity contribution in [1.29, 1.82) is 0 Å². The minimum Gasteiger partial charge on any atom is -0.396 e. The number of oxime groups is 1. The van der Waals surface area contributed by atoms with Gasteiger partial charge in [-0.2, -0.15) is 0 Å². The quantitative estimate of drug-likeness (QED) is 0.559. The van der Waals surface area contributed by atoms with Crippen LogP contribution in [0, 0.1) is 11.3 Å². The molecule has 0 bridgehead atoms. The molecule has 1 atom stereocenters. The fourth-order valence-corrected chi connectivity index (χ4v) is 2.40. The van der Waals surface area contributed by atoms with Gasteiger partial charge in [-0.15, -0.1) is 0 Å². The largest absolute Gasteiger partial charge is 0.396 e. The lowest BCUT2D eigenvalue weighted by atomic mass is 9.69. The van der Waals surface area contributed by atoms with Gasteiger partial charge in [0.2, 0.25) is 0 Å². The zero-order valence-electron chi connectivity index (χ0n) is 11.8. The van der Waals surface area contributed by atoms with E-state index in [2.05, 4.69) is 5.16 Å². The van der Waals surface area contributed by atoms with Crippen LogP contribution in [0.2, 0.25) is 0 Å². The highest BCUT2D eigenvalue weighted by atomic mass is 16.6. The van der Waals surface area contributed by atoms with Crippen molar-refractivity contribution in [1.82, 2.24) is 0 Å². The average molecular weight is 253 g/mol. The van der Waals surface area contributed by atoms with Crippen LogP contribution < -0.4 is 0 Å². The molecule has 1 fully saturated rings. The molecule has 0 saturated heterocycles. The van der Waals surface area contributed by atoms with E-state index in [1.165, 1.54) is 0 Å². The lowest BCUT2D eigenvalue weighted by Crippen LogP contribution is -2.42. The SMILES string of the molecule is CCCC(=O)C1C(=O)CC(C)(C)CC1=NOCC. The first-order valence-corrected chi connectivity index (χ1v) is 6.65. The first-order valence-electron chi connectivity index (χ1n) is 6.65. The lowest BCUT2D eigenvalue weighted by molar-refractivity contribution is -0.132. The van der Waals surface area contributed by atoms with Gasteiger partial charge in [0.15, 0.2) is 0 Å². The van der Waals surface area contributed by atoms with E-state index < -0.39 is 5.92 Å². The van der Waals surface area contributed by atoms with E-state index in [0.29, 0.717) is 31.6 Å². The highest BCUT2D eigenvalue weighted by Gasteiger charge is 2.41. The average Bonchev–Trinajstić information content (AvgIpc) is 2.24. The van der Waals surface area contributed by atoms with E-state index in [-0.39, 0.29) is 17.0 Å². The van der Waals surface area contributed by atoms with Crippen LogP contribution in [0.15, 0.2) is 5.16 Å². The molecule has 1 rings (SSSR count). The molecular weight excluding hydrogens is 230 g/mol. The van der Waals surface area contributed by atoms with E-state index in [1.807, 2.05) is 27.7 Å². The highest BCUT2D eigenvalue weighted by Crippen LogP contribution is 2.35. The topological polar surface area (TPSA) is 55.7 Å². The summed E-state index contributed by atoms with van der Waals surface area (Å²) in [5.74, 6) is -0.691. The van der Waals surface area contributed by atoms with Crippen LogP contribution in [0.25, 0.3) is 0 Å². The molecule has 1 aliphatic carbocycles. The summed E-state index contributed by atoms with van der Waals surface area (Å²) in [7, 11) is 0. The number of hydrogen-bond acceptors (Lipinski definition) is 4. The normalized spacial score (nSPS) is 25.2. The van der Waals surface area contributed by atoms with Gasteiger partial charge in [0.1, 0.15) is 24.1 Å². The minimum atomic E-state index is -0.662. The molecule has 0 aliphatic heterocycles. The van der Waals surface area contributed by atoms with Gasteiger partial charge >= 0.3 is 0 Å². The van der Waals surface area contributed by atoms with Crippen LogP contribution in [0.1, 0.15) is 53.4 Å². The molecule has 0 aromatic heterocycles. The molecular formula is C14H23NO3. The third-order valence-corrected chi connectivity index (χ3v) is 3.10. The molecule has 1 unspecified atom stereocenters. The number of hydrogen-bond donors (Lipinski definition) is 0. The Morgan fingerprint density at radius 3 is 2.61 bits per heavy atom. The second-order valence-electron chi connectivity index (χ2n) is 5.63. The summed E-state index contributed by atoms with van der Waals surface area (Å²) >= 11 is 0. The molecule has 0 N–H and O–H groups in total. The molecule has 102 valence electrons. The zero-order valence-corrected chi connectivity index (χ0v) is 11.8. The van der Waals surface area contributed by atoms with Gasteiger partial charge in [-0.05, 0) is 25.2 Å². The van der Waals surface area contributed by atoms with E-state index in [9.17, 15) is 9.59 Å². The molecule has 0 heterocycles. The first kappa shape index (κ1) is 14.9. The molecule has 0 amide bonds. The van der Waals surface area contributed by atoms with Crippen molar-refractivity contribution in [3.8, 4) is 0 Å². The third kappa shape index (κ3) is 3.65. The van der Waals surface area contributed by atoms with Gasteiger partial charge in [0, 0.05) is 12.8 Å². The Labute approximate surface area is 109 Å². The molecule has 0 aromatic rings. The molecule has 18 heavy (non-hydrogen) atoms. The molecule has 4 heteroatoms. The Morgan fingerprint density at radius 2 is 2.06 bits per heavy atom. The Hall–Kier alpha value is -1.19. The summed E-state index contributed by atoms with van der Waals surface area (Å²) in [5.41, 5.74) is 0.479. The van der Waals surface area contributed by atoms with Gasteiger partial charge in [-0.1, -0.05) is 25.9 Å². The predicted octanol–water partition coefficient (Wildman–Crippen LogP) is 2.75. The Bertz CT molecular complexity index is 358. The van der Waals surface area contributed by atoms with Crippen LogP contribution in [-0.2, 0) is 14.4 Å². The van der Waals surface area contributed by atoms with E-state index in [0.717, 1.165) is 6.42 Å². The van der Waals surface area contributed by atoms with E-state index >= 15 is 0 Å². The maximum atomic E-state index is 12.1. The summed E-state index contributed by atoms with van der Waals surface area (Å²) in [6.07, 6.45) is 2.28. The fraction of sp³-hybridized carbons (Fsp3) is 0.786. The van der Waals surface area contributed by atoms with Gasteiger partial charge in [-0.25, -0.2) is 0 Å². The van der Waals surface area contributed by atoms with Gasteiger partial charge in [0.05, 0.1) is 5.71 Å². The fourth-order valence-electron chi connectivity index (χ4n) is 2.40. The monoisotopic (exact) mass is 253 g/mol. The lowest BCUT2D eigenvalue weighted by Gasteiger charge is -2.33. The summed E-state index contributed by atoms with van der Waals surface area (Å²) in [6.45, 7) is 8.27. The zero-order chi connectivity index (χ0) is 13.8. The number of rotatable bonds is 5. The van der Waals surface area contributed by atoms with E-state index in [4.69, 9.17) is 4.84 Å². The third-order valence-electron chi connectivity index (χ3n) is 3.10. The standard InChI is InChI=1S/C14H23NO3/c1-5-7-11(16)13-10(15-18-6-2)8-14(3,4)9-12(13)17/h13H,5-9H2,1-4H3. The Morgan fingerprint density at radius 1 is 1.39 bits per heavy atom. The number of carbonyl (C=O) groups excluding carboxylic acids is 2. The summed E-state index contributed by atoms with van der Waals surface area (Å²) in [5, 5.41) is 4.01. The summed E-state index contributed by atoms with van der Waals surface area (Å²) in [6, 6.07) is 0. The predicted molar refractivity (Wildman–Crippen MR) is 70.5 cm³/mol. The van der Waals surface area contributed by atoms with Gasteiger partial charge < -0.3 is 4.84 Å². The van der Waals surface area contributed by atoms with Crippen LogP contribution in [0.3, 0.4) is 0 Å². The number of Topliss-reactive ketones (excluding diaryl/α,β-unsaturated/α-hetero) is 2. The molecule has 0 aromatic carbocycles. The van der Waals surface area contributed by atoms with Gasteiger partial charge in [-0.3, -0.25) is 9.59 Å². The first-order chi connectivity index (χ1) is 8.41. The summed E-state index contributed by atoms with van der Waals surface area (Å²) in [4.78, 5) is 29.2. The number of ketones is 2. The number of carbonyl (C=O) groups is 2. The maximum absolute atomic E-state index is 12.1. The minimum absolute atomic E-state index is 0.0110. The molecule has 4 nitrogen and oxygen atoms in total. The van der Waals surface area contributed by atoms with Crippen molar-refractivity contribution in [2.45, 2.75) is 53.4 Å². The maximum Gasteiger partial charge on any atom is 0.149 e. The van der Waals surface area contributed by atoms with Gasteiger partial charge in [0.25, 0.3) is 0 Å². The Kier molecular flexibility index (Phi) is 5.05. The Balaban J connectivity index is 2.96. The van der Waals surface area contributed by atoms with Crippen molar-refractivity contribution in [2.75, 3.05) is 6.61 Å². The van der Waals surface area contributed by atoms with E-state index in [1.54, 1.807) is 0 Å². The van der Waals surface area contributed by atoms with Crippen molar-refractivity contribution in [3.63, 3.8) is 0 Å². The van der Waals surface area contributed by atoms with Crippen molar-refractivity contribution in [3.05, 3.63) is 0 Å². The second-order valence-corrected chi connectivity index (χ2v) is 5.63. The molecule has 0 radical (unpaired) electrons. The van der Waals surface area contributed by atoms with Crippen LogP contribution in [0.5, 0.6) is 0 Å². The molecule has 0 spiro atoms. The highest BCUT2D eigenvalue weighted by molar-refractivity contribution is 6.22. The summed E-state index contributed by atoms with van der Waals surface area (Å²) < 4.78 is 0. The van der Waals surface area contributed by atoms with Crippen molar-refractivity contribution in [2.24, 2.45) is 16.5 Å². The number of nitrogens with zero attached hydrogens (tertiary/aromatic N) is 1. The van der Waals surface area contributed by atoms with Crippen LogP contribution in [-0.4, -0.2) is 23.9 Å². The van der Waals surface area contributed by atoms with Crippen molar-refractivity contribution < 1.29 is 14.4 Å². The van der Waals surface area contributed by atoms with Crippen LogP contribution in [0.4, 0.5) is 0 Å².